The van der Waals surface area contributed by atoms with Gasteiger partial charge in [0.25, 0.3) is 0 Å². The maximum atomic E-state index is 2.38. The van der Waals surface area contributed by atoms with Gasteiger partial charge in [0, 0.05) is 0 Å². The molecule has 1 unspecified atom stereocenters. The van der Waals surface area contributed by atoms with Crippen molar-refractivity contribution in [1.29, 1.82) is 0 Å². The molecular weight excluding hydrogens is 192 g/mol. The molecule has 0 radical (unpaired) electrons. The van der Waals surface area contributed by atoms with Gasteiger partial charge in [-0.15, -0.1) is 0 Å². The number of allylic oxidation sites excluding steroid dienone is 4. The molecule has 0 aliphatic heterocycles. The highest BCUT2D eigenvalue weighted by atomic mass is 14.2. The van der Waals surface area contributed by atoms with E-state index >= 15 is 0 Å². The van der Waals surface area contributed by atoms with Crippen LogP contribution in [-0.4, -0.2) is 0 Å². The van der Waals surface area contributed by atoms with Crippen LogP contribution in [0.4, 0.5) is 0 Å². The van der Waals surface area contributed by atoms with E-state index in [-0.39, 0.29) is 0 Å². The van der Waals surface area contributed by atoms with Gasteiger partial charge in [-0.1, -0.05) is 48.1 Å². The standard InChI is InChI=1S/C16H20/c1-13(2)16-11-10-15(12-16)9-8-14-6-4-3-5-7-14/h3-7,10-11,15H,8-9,12H2,1-2H3. The molecule has 0 nitrogen and oxygen atoms in total. The van der Waals surface area contributed by atoms with Crippen molar-refractivity contribution < 1.29 is 0 Å². The van der Waals surface area contributed by atoms with Crippen LogP contribution in [0.1, 0.15) is 32.3 Å². The van der Waals surface area contributed by atoms with Crippen LogP contribution in [-0.2, 0) is 6.42 Å². The number of rotatable bonds is 3. The van der Waals surface area contributed by atoms with Gasteiger partial charge in [0.05, 0.1) is 0 Å². The number of hydrogen-bond acceptors (Lipinski definition) is 0. The first-order chi connectivity index (χ1) is 7.75. The van der Waals surface area contributed by atoms with Crippen molar-refractivity contribution in [2.24, 2.45) is 5.92 Å². The topological polar surface area (TPSA) is 0 Å². The highest BCUT2D eigenvalue weighted by Crippen LogP contribution is 2.28. The zero-order chi connectivity index (χ0) is 11.4. The lowest BCUT2D eigenvalue weighted by molar-refractivity contribution is 0.606. The Morgan fingerprint density at radius 3 is 2.56 bits per heavy atom. The SMILES string of the molecule is CC(C)=C1C=CC(CCc2ccccc2)C1. The molecule has 0 N–H and O–H groups in total. The van der Waals surface area contributed by atoms with Gasteiger partial charge in [0.15, 0.2) is 0 Å². The molecule has 0 bridgehead atoms. The first kappa shape index (κ1) is 11.2. The molecule has 0 heteroatoms. The molecule has 1 aliphatic carbocycles. The Morgan fingerprint density at radius 1 is 1.19 bits per heavy atom. The summed E-state index contributed by atoms with van der Waals surface area (Å²) in [5.74, 6) is 0.755. The van der Waals surface area contributed by atoms with Gasteiger partial charge in [0.2, 0.25) is 0 Å². The van der Waals surface area contributed by atoms with E-state index in [4.69, 9.17) is 0 Å². The van der Waals surface area contributed by atoms with Crippen LogP contribution in [0.15, 0.2) is 53.6 Å². The lowest BCUT2D eigenvalue weighted by atomic mass is 9.97. The largest absolute Gasteiger partial charge is 0.0808 e. The van der Waals surface area contributed by atoms with Crippen molar-refractivity contribution in [3.05, 3.63) is 59.2 Å². The molecule has 0 spiro atoms. The summed E-state index contributed by atoms with van der Waals surface area (Å²) in [5.41, 5.74) is 4.47. The van der Waals surface area contributed by atoms with Crippen molar-refractivity contribution in [3.63, 3.8) is 0 Å². The van der Waals surface area contributed by atoms with Crippen molar-refractivity contribution in [3.8, 4) is 0 Å². The van der Waals surface area contributed by atoms with E-state index in [9.17, 15) is 0 Å². The fourth-order valence-corrected chi connectivity index (χ4v) is 2.24. The van der Waals surface area contributed by atoms with E-state index in [1.165, 1.54) is 36.0 Å². The Hall–Kier alpha value is -1.30. The van der Waals surface area contributed by atoms with Gasteiger partial charge in [0.1, 0.15) is 0 Å². The van der Waals surface area contributed by atoms with Crippen LogP contribution in [0.25, 0.3) is 0 Å². The fourth-order valence-electron chi connectivity index (χ4n) is 2.24. The number of aryl methyl sites for hydroxylation is 1. The highest BCUT2D eigenvalue weighted by molar-refractivity contribution is 5.30. The van der Waals surface area contributed by atoms with E-state index in [0.29, 0.717) is 0 Å². The predicted octanol–water partition coefficient (Wildman–Crippen LogP) is 4.53. The van der Waals surface area contributed by atoms with Crippen molar-refractivity contribution in [2.45, 2.75) is 33.1 Å². The second-order valence-electron chi connectivity index (χ2n) is 4.87. The molecular formula is C16H20. The summed E-state index contributed by atoms with van der Waals surface area (Å²) in [6.45, 7) is 4.42. The molecule has 1 aromatic carbocycles. The van der Waals surface area contributed by atoms with E-state index < -0.39 is 0 Å². The van der Waals surface area contributed by atoms with Crippen LogP contribution < -0.4 is 0 Å². The quantitative estimate of drug-likeness (QED) is 0.690. The minimum absolute atomic E-state index is 0.755. The third kappa shape index (κ3) is 2.85. The highest BCUT2D eigenvalue weighted by Gasteiger charge is 2.13. The van der Waals surface area contributed by atoms with Crippen LogP contribution in [0.5, 0.6) is 0 Å². The first-order valence-corrected chi connectivity index (χ1v) is 6.14. The predicted molar refractivity (Wildman–Crippen MR) is 70.4 cm³/mol. The molecule has 2 rings (SSSR count). The van der Waals surface area contributed by atoms with Gasteiger partial charge >= 0.3 is 0 Å². The molecule has 0 amide bonds. The molecule has 0 fully saturated rings. The molecule has 84 valence electrons. The third-order valence-electron chi connectivity index (χ3n) is 3.34. The summed E-state index contributed by atoms with van der Waals surface area (Å²) < 4.78 is 0. The van der Waals surface area contributed by atoms with Gasteiger partial charge < -0.3 is 0 Å². The second kappa shape index (κ2) is 5.16. The number of hydrogen-bond donors (Lipinski definition) is 0. The summed E-state index contributed by atoms with van der Waals surface area (Å²) >= 11 is 0. The minimum Gasteiger partial charge on any atom is -0.0808 e. The van der Waals surface area contributed by atoms with Gasteiger partial charge in [-0.2, -0.15) is 0 Å². The Bertz CT molecular complexity index is 391. The molecule has 1 aromatic rings. The summed E-state index contributed by atoms with van der Waals surface area (Å²) in [6, 6.07) is 10.8. The second-order valence-corrected chi connectivity index (χ2v) is 4.87. The normalized spacial score (nSPS) is 19.1. The molecule has 0 saturated heterocycles. The molecule has 0 saturated carbocycles. The van der Waals surface area contributed by atoms with Crippen molar-refractivity contribution in [2.75, 3.05) is 0 Å². The lowest BCUT2D eigenvalue weighted by Gasteiger charge is -2.08. The molecule has 1 atom stereocenters. The Morgan fingerprint density at radius 2 is 1.94 bits per heavy atom. The van der Waals surface area contributed by atoms with Crippen LogP contribution in [0.3, 0.4) is 0 Å². The van der Waals surface area contributed by atoms with Crippen molar-refractivity contribution >= 4 is 0 Å². The van der Waals surface area contributed by atoms with Gasteiger partial charge in [-0.05, 0) is 50.2 Å². The molecule has 16 heavy (non-hydrogen) atoms. The van der Waals surface area contributed by atoms with Crippen LogP contribution in [0, 0.1) is 5.92 Å². The van der Waals surface area contributed by atoms with E-state index in [0.717, 1.165) is 5.92 Å². The van der Waals surface area contributed by atoms with Crippen LogP contribution in [0.2, 0.25) is 0 Å². The number of benzene rings is 1. The lowest BCUT2D eigenvalue weighted by Crippen LogP contribution is -1.96. The minimum atomic E-state index is 0.755. The van der Waals surface area contributed by atoms with Crippen LogP contribution >= 0.6 is 0 Å². The van der Waals surface area contributed by atoms with Gasteiger partial charge in [-0.3, -0.25) is 0 Å². The molecule has 0 heterocycles. The summed E-state index contributed by atoms with van der Waals surface area (Å²) in [4.78, 5) is 0. The Labute approximate surface area is 98.7 Å². The van der Waals surface area contributed by atoms with E-state index in [1.807, 2.05) is 0 Å². The Kier molecular flexibility index (Phi) is 3.61. The first-order valence-electron chi connectivity index (χ1n) is 6.14. The van der Waals surface area contributed by atoms with E-state index in [2.05, 4.69) is 56.3 Å². The maximum Gasteiger partial charge on any atom is -0.0187 e. The Balaban J connectivity index is 1.86. The average Bonchev–Trinajstić information content (AvgIpc) is 2.76. The average molecular weight is 212 g/mol. The zero-order valence-electron chi connectivity index (χ0n) is 10.2. The monoisotopic (exact) mass is 212 g/mol. The van der Waals surface area contributed by atoms with E-state index in [1.54, 1.807) is 0 Å². The smallest absolute Gasteiger partial charge is 0.0187 e. The maximum absolute atomic E-state index is 2.38. The van der Waals surface area contributed by atoms with Crippen molar-refractivity contribution in [1.82, 2.24) is 0 Å². The zero-order valence-corrected chi connectivity index (χ0v) is 10.2. The summed E-state index contributed by atoms with van der Waals surface area (Å²) in [5, 5.41) is 0. The summed E-state index contributed by atoms with van der Waals surface area (Å²) in [6.07, 6.45) is 8.41. The van der Waals surface area contributed by atoms with Gasteiger partial charge in [-0.25, -0.2) is 0 Å². The molecule has 0 aromatic heterocycles. The summed E-state index contributed by atoms with van der Waals surface area (Å²) in [7, 11) is 0. The fraction of sp³-hybridized carbons (Fsp3) is 0.375. The molecule has 1 aliphatic rings. The third-order valence-corrected chi connectivity index (χ3v) is 3.34.